The van der Waals surface area contributed by atoms with Gasteiger partial charge in [-0.3, -0.25) is 0 Å². The molecule has 2 N–H and O–H groups in total. The summed E-state index contributed by atoms with van der Waals surface area (Å²) in [5.74, 6) is 0.385. The van der Waals surface area contributed by atoms with Crippen molar-refractivity contribution in [2.75, 3.05) is 25.6 Å². The van der Waals surface area contributed by atoms with Crippen LogP contribution in [0.5, 0.6) is 0 Å². The predicted molar refractivity (Wildman–Crippen MR) is 70.4 cm³/mol. The van der Waals surface area contributed by atoms with Gasteiger partial charge in [0.15, 0.2) is 0 Å². The highest BCUT2D eigenvalue weighted by atomic mass is 32.2. The minimum Gasteiger partial charge on any atom is -0.381 e. The third kappa shape index (κ3) is 3.40. The van der Waals surface area contributed by atoms with Crippen molar-refractivity contribution in [2.24, 2.45) is 0 Å². The molecule has 0 bridgehead atoms. The van der Waals surface area contributed by atoms with Gasteiger partial charge in [0, 0.05) is 25.8 Å². The SMILES string of the molecule is CNc1ncc(S(=O)(=O)NC2(C)CCOCC2)cn1. The summed E-state index contributed by atoms with van der Waals surface area (Å²) in [5, 5.41) is 2.74. The van der Waals surface area contributed by atoms with Gasteiger partial charge in [-0.2, -0.15) is 0 Å². The first kappa shape index (κ1) is 14.2. The molecule has 2 heterocycles. The molecule has 106 valence electrons. The van der Waals surface area contributed by atoms with E-state index in [4.69, 9.17) is 4.74 Å². The monoisotopic (exact) mass is 286 g/mol. The number of hydrogen-bond acceptors (Lipinski definition) is 6. The van der Waals surface area contributed by atoms with Crippen LogP contribution in [0.15, 0.2) is 17.3 Å². The summed E-state index contributed by atoms with van der Waals surface area (Å²) in [6.45, 7) is 3.01. The van der Waals surface area contributed by atoms with Gasteiger partial charge in [0.1, 0.15) is 4.90 Å². The van der Waals surface area contributed by atoms with Crippen LogP contribution in [0.25, 0.3) is 0 Å². The standard InChI is InChI=1S/C11H18N4O3S/c1-11(3-5-18-6-4-11)15-19(16,17)9-7-13-10(12-2)14-8-9/h7-8,15H,3-6H2,1-2H3,(H,12,13,14). The molecule has 2 rings (SSSR count). The van der Waals surface area contributed by atoms with Crippen molar-refractivity contribution in [1.29, 1.82) is 0 Å². The first-order valence-corrected chi connectivity index (χ1v) is 7.55. The van der Waals surface area contributed by atoms with Gasteiger partial charge in [0.05, 0.1) is 12.4 Å². The zero-order valence-corrected chi connectivity index (χ0v) is 11.8. The Hall–Kier alpha value is -1.25. The molecule has 0 unspecified atom stereocenters. The Morgan fingerprint density at radius 2 is 1.84 bits per heavy atom. The van der Waals surface area contributed by atoms with Crippen molar-refractivity contribution in [1.82, 2.24) is 14.7 Å². The molecule has 7 nitrogen and oxygen atoms in total. The molecule has 1 aromatic heterocycles. The van der Waals surface area contributed by atoms with Gasteiger partial charge < -0.3 is 10.1 Å². The van der Waals surface area contributed by atoms with Crippen LogP contribution < -0.4 is 10.0 Å². The quantitative estimate of drug-likeness (QED) is 0.830. The Kier molecular flexibility index (Phi) is 4.02. The lowest BCUT2D eigenvalue weighted by molar-refractivity contribution is 0.0537. The predicted octanol–water partition coefficient (Wildman–Crippen LogP) is 0.366. The molecule has 0 aliphatic carbocycles. The van der Waals surface area contributed by atoms with Crippen LogP contribution in [0.1, 0.15) is 19.8 Å². The average Bonchev–Trinajstić information content (AvgIpc) is 2.38. The number of ether oxygens (including phenoxy) is 1. The summed E-state index contributed by atoms with van der Waals surface area (Å²) in [4.78, 5) is 7.90. The van der Waals surface area contributed by atoms with Crippen LogP contribution in [0.4, 0.5) is 5.95 Å². The smallest absolute Gasteiger partial charge is 0.244 e. The number of sulfonamides is 1. The first-order chi connectivity index (χ1) is 8.95. The van der Waals surface area contributed by atoms with E-state index in [0.29, 0.717) is 32.0 Å². The first-order valence-electron chi connectivity index (χ1n) is 6.07. The molecule has 0 radical (unpaired) electrons. The van der Waals surface area contributed by atoms with Crippen LogP contribution in [-0.2, 0) is 14.8 Å². The number of anilines is 1. The normalized spacial score (nSPS) is 19.1. The van der Waals surface area contributed by atoms with E-state index in [1.54, 1.807) is 7.05 Å². The Labute approximate surface area is 112 Å². The number of aromatic nitrogens is 2. The Balaban J connectivity index is 2.17. The molecule has 1 aliphatic heterocycles. The lowest BCUT2D eigenvalue weighted by atomic mass is 9.94. The molecule has 0 spiro atoms. The van der Waals surface area contributed by atoms with Crippen LogP contribution in [0, 0.1) is 0 Å². The van der Waals surface area contributed by atoms with Gasteiger partial charge in [0.25, 0.3) is 0 Å². The Morgan fingerprint density at radius 3 is 2.37 bits per heavy atom. The summed E-state index contributed by atoms with van der Waals surface area (Å²) in [6.07, 6.45) is 3.90. The van der Waals surface area contributed by atoms with Crippen LogP contribution >= 0.6 is 0 Å². The van der Waals surface area contributed by atoms with E-state index in [2.05, 4.69) is 20.0 Å². The van der Waals surface area contributed by atoms with Crippen molar-refractivity contribution in [3.8, 4) is 0 Å². The fourth-order valence-corrected chi connectivity index (χ4v) is 3.25. The summed E-state index contributed by atoms with van der Waals surface area (Å²) in [7, 11) is -1.93. The van der Waals surface area contributed by atoms with Gasteiger partial charge in [-0.15, -0.1) is 0 Å². The van der Waals surface area contributed by atoms with Gasteiger partial charge >= 0.3 is 0 Å². The molecule has 0 saturated carbocycles. The molecule has 1 saturated heterocycles. The second-order valence-electron chi connectivity index (χ2n) is 4.77. The van der Waals surface area contributed by atoms with Gasteiger partial charge in [-0.05, 0) is 19.8 Å². The zero-order chi connectivity index (χ0) is 13.9. The summed E-state index contributed by atoms with van der Waals surface area (Å²) in [5.41, 5.74) is -0.473. The number of hydrogen-bond donors (Lipinski definition) is 2. The van der Waals surface area contributed by atoms with Crippen LogP contribution in [0.2, 0.25) is 0 Å². The molecule has 1 aromatic rings. The van der Waals surface area contributed by atoms with E-state index in [9.17, 15) is 8.42 Å². The second-order valence-corrected chi connectivity index (χ2v) is 6.45. The van der Waals surface area contributed by atoms with Crippen molar-refractivity contribution in [3.05, 3.63) is 12.4 Å². The summed E-state index contributed by atoms with van der Waals surface area (Å²) >= 11 is 0. The lowest BCUT2D eigenvalue weighted by Gasteiger charge is -2.33. The number of nitrogens with zero attached hydrogens (tertiary/aromatic N) is 2. The molecule has 0 atom stereocenters. The maximum Gasteiger partial charge on any atom is 0.244 e. The van der Waals surface area contributed by atoms with E-state index >= 15 is 0 Å². The number of rotatable bonds is 4. The largest absolute Gasteiger partial charge is 0.381 e. The third-order valence-electron chi connectivity index (χ3n) is 3.14. The molecule has 1 aliphatic rings. The van der Waals surface area contributed by atoms with E-state index in [1.807, 2.05) is 6.92 Å². The minimum atomic E-state index is -3.60. The van der Waals surface area contributed by atoms with Crippen molar-refractivity contribution in [3.63, 3.8) is 0 Å². The molecule has 19 heavy (non-hydrogen) atoms. The van der Waals surface area contributed by atoms with Crippen LogP contribution in [0.3, 0.4) is 0 Å². The molecule has 0 aromatic carbocycles. The Bertz CT molecular complexity index is 523. The molecule has 0 amide bonds. The van der Waals surface area contributed by atoms with Crippen LogP contribution in [-0.4, -0.2) is 44.2 Å². The zero-order valence-electron chi connectivity index (χ0n) is 11.0. The minimum absolute atomic E-state index is 0.0687. The molecule has 8 heteroatoms. The van der Waals surface area contributed by atoms with Crippen molar-refractivity contribution >= 4 is 16.0 Å². The fourth-order valence-electron chi connectivity index (χ4n) is 1.89. The molecular formula is C11H18N4O3S. The molecule has 1 fully saturated rings. The van der Waals surface area contributed by atoms with E-state index in [-0.39, 0.29) is 4.90 Å². The summed E-state index contributed by atoms with van der Waals surface area (Å²) in [6, 6.07) is 0. The van der Waals surface area contributed by atoms with Gasteiger partial charge in [-0.25, -0.2) is 23.1 Å². The van der Waals surface area contributed by atoms with E-state index < -0.39 is 15.6 Å². The Morgan fingerprint density at radius 1 is 1.26 bits per heavy atom. The van der Waals surface area contributed by atoms with Gasteiger partial charge in [-0.1, -0.05) is 0 Å². The lowest BCUT2D eigenvalue weighted by Crippen LogP contribution is -2.49. The highest BCUT2D eigenvalue weighted by Crippen LogP contribution is 2.22. The molecular weight excluding hydrogens is 268 g/mol. The van der Waals surface area contributed by atoms with Gasteiger partial charge in [0.2, 0.25) is 16.0 Å². The highest BCUT2D eigenvalue weighted by Gasteiger charge is 2.32. The van der Waals surface area contributed by atoms with E-state index in [1.165, 1.54) is 12.4 Å². The topological polar surface area (TPSA) is 93.2 Å². The maximum absolute atomic E-state index is 12.3. The maximum atomic E-state index is 12.3. The van der Waals surface area contributed by atoms with Crippen molar-refractivity contribution in [2.45, 2.75) is 30.2 Å². The summed E-state index contributed by atoms with van der Waals surface area (Å²) < 4.78 is 32.5. The van der Waals surface area contributed by atoms with Crippen molar-refractivity contribution < 1.29 is 13.2 Å². The number of nitrogens with one attached hydrogen (secondary N) is 2. The third-order valence-corrected chi connectivity index (χ3v) is 4.73. The highest BCUT2D eigenvalue weighted by molar-refractivity contribution is 7.89. The fraction of sp³-hybridized carbons (Fsp3) is 0.636. The second kappa shape index (κ2) is 5.40. The van der Waals surface area contributed by atoms with E-state index in [0.717, 1.165) is 0 Å². The average molecular weight is 286 g/mol.